The van der Waals surface area contributed by atoms with E-state index in [0.29, 0.717) is 30.1 Å². The number of terminal acetylenes is 1. The third-order valence-corrected chi connectivity index (χ3v) is 10.4. The Kier molecular flexibility index (Phi) is 9.63. The van der Waals surface area contributed by atoms with Gasteiger partial charge in [-0.1, -0.05) is 18.1 Å². The highest BCUT2D eigenvalue weighted by atomic mass is 19.1. The number of aliphatic hydroxyl groups excluding tert-OH is 1. The molecule has 18 heteroatoms. The molecular formula is C39H32F2N6O10. The SMILES string of the molecule is C#Cc1c(F)ccc2cc(O)cc(-c3ncc4c(N5CC6CCC(C5)N6C(=O)OCc5ccc(O[C@H]6C[C@@H](O)C[C@@H](C=O)O6)c([N+](=O)[O-])c5)nc(=O)[nH]c4c3F)c12. The van der Waals surface area contributed by atoms with Crippen LogP contribution in [0, 0.1) is 34.1 Å². The van der Waals surface area contributed by atoms with Crippen molar-refractivity contribution in [2.24, 2.45) is 0 Å². The molecule has 2 aromatic heterocycles. The van der Waals surface area contributed by atoms with E-state index in [2.05, 4.69) is 20.9 Å². The van der Waals surface area contributed by atoms with Crippen LogP contribution in [0.5, 0.6) is 11.5 Å². The first-order valence-corrected chi connectivity index (χ1v) is 17.9. The van der Waals surface area contributed by atoms with E-state index in [-0.39, 0.29) is 95.0 Å². The molecule has 3 aliphatic heterocycles. The topological polar surface area (TPSA) is 211 Å². The molecule has 5 aromatic rings. The van der Waals surface area contributed by atoms with Gasteiger partial charge in [-0.15, -0.1) is 6.42 Å². The average molecular weight is 783 g/mol. The van der Waals surface area contributed by atoms with Gasteiger partial charge in [0.15, 0.2) is 11.6 Å². The van der Waals surface area contributed by atoms with E-state index in [1.807, 2.05) is 0 Å². The minimum Gasteiger partial charge on any atom is -0.508 e. The quantitative estimate of drug-likeness (QED) is 0.0861. The number of nitro groups is 1. The number of ether oxygens (including phenoxy) is 3. The highest BCUT2D eigenvalue weighted by Gasteiger charge is 2.44. The smallest absolute Gasteiger partial charge is 0.410 e. The zero-order valence-corrected chi connectivity index (χ0v) is 29.8. The van der Waals surface area contributed by atoms with E-state index in [9.17, 15) is 39.1 Å². The number of halogens is 2. The number of hydrogen-bond donors (Lipinski definition) is 3. The number of nitrogens with zero attached hydrogens (tertiary/aromatic N) is 5. The minimum atomic E-state index is -1.09. The van der Waals surface area contributed by atoms with Crippen molar-refractivity contribution in [3.8, 4) is 35.1 Å². The number of rotatable bonds is 8. The van der Waals surface area contributed by atoms with Gasteiger partial charge in [0.1, 0.15) is 42.1 Å². The number of aromatic hydroxyl groups is 1. The van der Waals surface area contributed by atoms with Crippen molar-refractivity contribution < 1.29 is 47.7 Å². The molecule has 2 bridgehead atoms. The van der Waals surface area contributed by atoms with Crippen molar-refractivity contribution in [2.45, 2.75) is 62.9 Å². The van der Waals surface area contributed by atoms with Crippen LogP contribution in [0.25, 0.3) is 32.9 Å². The van der Waals surface area contributed by atoms with Crippen LogP contribution in [0.3, 0.4) is 0 Å². The molecule has 3 saturated heterocycles. The maximum Gasteiger partial charge on any atom is 0.410 e. The highest BCUT2D eigenvalue weighted by molar-refractivity contribution is 6.03. The molecule has 0 spiro atoms. The number of nitro benzene ring substituents is 1. The number of pyridine rings is 1. The van der Waals surface area contributed by atoms with Crippen LogP contribution in [-0.2, 0) is 20.9 Å². The van der Waals surface area contributed by atoms with Gasteiger partial charge in [0, 0.05) is 49.1 Å². The van der Waals surface area contributed by atoms with Gasteiger partial charge in [-0.05, 0) is 48.1 Å². The molecule has 8 rings (SSSR count). The highest BCUT2D eigenvalue weighted by Crippen LogP contribution is 2.40. The minimum absolute atomic E-state index is 0.00784. The van der Waals surface area contributed by atoms with Crippen LogP contribution in [0.4, 0.5) is 25.1 Å². The maximum atomic E-state index is 16.4. The standard InChI is InChI=1S/C39H32F2N6O10/c1-2-26-29(40)7-4-20-10-23(49)12-27(33(20)26)35-34(41)36-28(14-42-35)37(44-38(51)43-36)45-15-21-5-6-22(16-45)46(21)39(52)55-18-19-3-8-31(30(9-19)47(53)54)57-32-13-24(50)11-25(17-48)56-32/h1,3-4,7-10,12,14,17,21-22,24-25,32,49-50H,5-6,11,13,15-16,18H2,(H,43,44,51)/t21?,22?,24-,25-,32-/m0/s1. The zero-order valence-electron chi connectivity index (χ0n) is 29.8. The normalized spacial score (nSPS) is 21.7. The van der Waals surface area contributed by atoms with E-state index >= 15 is 4.39 Å². The van der Waals surface area contributed by atoms with Gasteiger partial charge in [0.05, 0.1) is 39.6 Å². The van der Waals surface area contributed by atoms with Crippen molar-refractivity contribution in [2.75, 3.05) is 18.0 Å². The Hall–Kier alpha value is -6.71. The number of carbonyl (C=O) groups is 2. The van der Waals surface area contributed by atoms with E-state index in [1.165, 1.54) is 42.6 Å². The van der Waals surface area contributed by atoms with Crippen LogP contribution in [0.1, 0.15) is 36.8 Å². The van der Waals surface area contributed by atoms with Crippen molar-refractivity contribution in [3.63, 3.8) is 0 Å². The summed E-state index contributed by atoms with van der Waals surface area (Å²) >= 11 is 0. The number of amides is 1. The molecule has 57 heavy (non-hydrogen) atoms. The summed E-state index contributed by atoms with van der Waals surface area (Å²) in [5.41, 5.74) is -1.62. The van der Waals surface area contributed by atoms with Crippen LogP contribution in [0.15, 0.2) is 53.5 Å². The summed E-state index contributed by atoms with van der Waals surface area (Å²) in [6, 6.07) is 8.36. The van der Waals surface area contributed by atoms with Gasteiger partial charge in [-0.3, -0.25) is 20.0 Å². The summed E-state index contributed by atoms with van der Waals surface area (Å²) in [5, 5.41) is 33.0. The summed E-state index contributed by atoms with van der Waals surface area (Å²) in [4.78, 5) is 63.0. The van der Waals surface area contributed by atoms with E-state index in [4.69, 9.17) is 20.6 Å². The number of aromatic amines is 1. The fourth-order valence-electron chi connectivity index (χ4n) is 7.94. The molecule has 16 nitrogen and oxygen atoms in total. The second-order valence-corrected chi connectivity index (χ2v) is 14.0. The van der Waals surface area contributed by atoms with Crippen molar-refractivity contribution in [1.82, 2.24) is 19.9 Å². The summed E-state index contributed by atoms with van der Waals surface area (Å²) in [6.45, 7) is 0.120. The molecule has 0 radical (unpaired) electrons. The van der Waals surface area contributed by atoms with E-state index in [0.717, 1.165) is 6.07 Å². The first kappa shape index (κ1) is 37.2. The largest absolute Gasteiger partial charge is 0.508 e. The third-order valence-electron chi connectivity index (χ3n) is 10.4. The molecule has 3 aromatic carbocycles. The molecule has 5 heterocycles. The van der Waals surface area contributed by atoms with Gasteiger partial charge in [0.25, 0.3) is 0 Å². The lowest BCUT2D eigenvalue weighted by Gasteiger charge is -2.41. The number of aliphatic hydroxyl groups is 1. The number of phenols is 1. The molecule has 3 N–H and O–H groups in total. The van der Waals surface area contributed by atoms with Crippen molar-refractivity contribution >= 4 is 45.6 Å². The van der Waals surface area contributed by atoms with Crippen LogP contribution >= 0.6 is 0 Å². The Labute approximate surface area is 320 Å². The van der Waals surface area contributed by atoms with Gasteiger partial charge in [-0.2, -0.15) is 4.98 Å². The number of fused-ring (bicyclic) bond motifs is 4. The summed E-state index contributed by atoms with van der Waals surface area (Å²) in [5.74, 6) is 0.359. The van der Waals surface area contributed by atoms with Crippen molar-refractivity contribution in [1.29, 1.82) is 0 Å². The summed E-state index contributed by atoms with van der Waals surface area (Å²) in [7, 11) is 0. The molecule has 0 saturated carbocycles. The third kappa shape index (κ3) is 6.91. The van der Waals surface area contributed by atoms with Crippen LogP contribution in [-0.4, -0.2) is 91.0 Å². The fourth-order valence-corrected chi connectivity index (χ4v) is 7.94. The van der Waals surface area contributed by atoms with Crippen molar-refractivity contribution in [3.05, 3.63) is 92.0 Å². The number of carbonyl (C=O) groups excluding carboxylic acids is 2. The number of piperazine rings is 1. The average Bonchev–Trinajstić information content (AvgIpc) is 3.45. The lowest BCUT2D eigenvalue weighted by molar-refractivity contribution is -0.386. The molecule has 3 aliphatic rings. The van der Waals surface area contributed by atoms with Gasteiger partial charge < -0.3 is 39.1 Å². The maximum absolute atomic E-state index is 16.4. The first-order valence-electron chi connectivity index (χ1n) is 17.9. The number of aldehydes is 1. The number of aromatic nitrogens is 3. The zero-order chi connectivity index (χ0) is 40.1. The Balaban J connectivity index is 1.00. The molecule has 292 valence electrons. The molecule has 2 unspecified atom stereocenters. The van der Waals surface area contributed by atoms with Gasteiger partial charge in [0.2, 0.25) is 6.29 Å². The summed E-state index contributed by atoms with van der Waals surface area (Å²) < 4.78 is 47.8. The number of phenolic OH excluding ortho intramolecular Hbond substituents is 1. The van der Waals surface area contributed by atoms with E-state index in [1.54, 1.807) is 9.80 Å². The predicted octanol–water partition coefficient (Wildman–Crippen LogP) is 4.45. The second-order valence-electron chi connectivity index (χ2n) is 14.0. The predicted molar refractivity (Wildman–Crippen MR) is 197 cm³/mol. The fraction of sp³-hybridized carbons (Fsp3) is 0.308. The number of benzene rings is 3. The number of nitrogens with one attached hydrogen (secondary N) is 1. The Morgan fingerprint density at radius 1 is 1.16 bits per heavy atom. The van der Waals surface area contributed by atoms with Gasteiger partial charge >= 0.3 is 17.5 Å². The van der Waals surface area contributed by atoms with Crippen LogP contribution in [0.2, 0.25) is 0 Å². The van der Waals surface area contributed by atoms with Crippen LogP contribution < -0.4 is 15.3 Å². The molecule has 1 amide bonds. The van der Waals surface area contributed by atoms with Gasteiger partial charge in [-0.25, -0.2) is 18.4 Å². The number of anilines is 1. The van der Waals surface area contributed by atoms with E-state index < -0.39 is 52.5 Å². The molecule has 5 atom stereocenters. The number of H-pyrrole nitrogens is 1. The second kappa shape index (κ2) is 14.7. The molecular weight excluding hydrogens is 750 g/mol. The molecule has 3 fully saturated rings. The Bertz CT molecular complexity index is 2570. The lowest BCUT2D eigenvalue weighted by Crippen LogP contribution is -2.56. The Morgan fingerprint density at radius 2 is 1.93 bits per heavy atom. The first-order chi connectivity index (χ1) is 27.4. The monoisotopic (exact) mass is 782 g/mol. The Morgan fingerprint density at radius 3 is 2.65 bits per heavy atom. The lowest BCUT2D eigenvalue weighted by atomic mass is 9.96. The summed E-state index contributed by atoms with van der Waals surface area (Å²) in [6.07, 6.45) is 5.19. The number of hydrogen-bond acceptors (Lipinski definition) is 13. The molecule has 0 aliphatic carbocycles.